The van der Waals surface area contributed by atoms with Gasteiger partial charge in [-0.1, -0.05) is 42.5 Å². The van der Waals surface area contributed by atoms with E-state index in [1.165, 1.54) is 5.56 Å². The van der Waals surface area contributed by atoms with Crippen LogP contribution in [0.3, 0.4) is 0 Å². The average Bonchev–Trinajstić information content (AvgIpc) is 3.42. The molecule has 2 aromatic rings. The molecule has 0 radical (unpaired) electrons. The largest absolute Gasteiger partial charge is 0.479 e. The summed E-state index contributed by atoms with van der Waals surface area (Å²) < 4.78 is 5.63. The molecule has 1 N–H and O–H groups in total. The molecular weight excluding hydrogens is 328 g/mol. The fourth-order valence-electron chi connectivity index (χ4n) is 3.50. The lowest BCUT2D eigenvalue weighted by atomic mass is 10.1. The molecule has 1 fully saturated rings. The monoisotopic (exact) mass is 350 g/mol. The highest BCUT2D eigenvalue weighted by molar-refractivity contribution is 6.00. The van der Waals surface area contributed by atoms with Crippen molar-refractivity contribution in [3.8, 4) is 5.75 Å². The van der Waals surface area contributed by atoms with Crippen molar-refractivity contribution in [3.63, 3.8) is 0 Å². The van der Waals surface area contributed by atoms with Crippen molar-refractivity contribution in [1.29, 1.82) is 0 Å². The molecule has 0 bridgehead atoms. The van der Waals surface area contributed by atoms with Crippen molar-refractivity contribution in [1.82, 2.24) is 5.32 Å². The first-order valence-corrected chi connectivity index (χ1v) is 9.05. The Kier molecular flexibility index (Phi) is 4.37. The Morgan fingerprint density at radius 3 is 2.69 bits per heavy atom. The van der Waals surface area contributed by atoms with Gasteiger partial charge in [0.05, 0.1) is 5.69 Å². The van der Waals surface area contributed by atoms with Crippen LogP contribution in [-0.4, -0.2) is 30.5 Å². The predicted molar refractivity (Wildman–Crippen MR) is 99.2 cm³/mol. The lowest BCUT2D eigenvalue weighted by Gasteiger charge is -2.32. The van der Waals surface area contributed by atoms with Gasteiger partial charge in [-0.05, 0) is 31.0 Å². The van der Waals surface area contributed by atoms with Crippen LogP contribution in [0.15, 0.2) is 54.6 Å². The Bertz CT molecular complexity index is 821. The third-order valence-electron chi connectivity index (χ3n) is 5.00. The van der Waals surface area contributed by atoms with Crippen molar-refractivity contribution in [2.45, 2.75) is 37.8 Å². The molecule has 4 rings (SSSR count). The van der Waals surface area contributed by atoms with Gasteiger partial charge in [0.1, 0.15) is 5.75 Å². The van der Waals surface area contributed by atoms with E-state index in [0.29, 0.717) is 18.2 Å². The van der Waals surface area contributed by atoms with Gasteiger partial charge in [0.15, 0.2) is 6.10 Å². The van der Waals surface area contributed by atoms with E-state index in [0.717, 1.165) is 12.1 Å². The fraction of sp³-hybridized carbons (Fsp3) is 0.333. The smallest absolute Gasteiger partial charge is 0.267 e. The number of nitrogens with zero attached hydrogens (tertiary/aromatic N) is 1. The number of anilines is 1. The Morgan fingerprint density at radius 2 is 1.88 bits per heavy atom. The van der Waals surface area contributed by atoms with Crippen molar-refractivity contribution in [2.75, 3.05) is 11.4 Å². The second-order valence-corrected chi connectivity index (χ2v) is 6.89. The van der Waals surface area contributed by atoms with Gasteiger partial charge < -0.3 is 15.0 Å². The summed E-state index contributed by atoms with van der Waals surface area (Å²) in [5, 5.41) is 3.08. The van der Waals surface area contributed by atoms with Crippen LogP contribution in [0.25, 0.3) is 0 Å². The number of para-hydroxylation sites is 2. The SMILES string of the molecule is C[C@@H]1Oc2ccccc2N(CCC(=O)N[C@@H]2C[C@@H]2c2ccccc2)C1=O. The van der Waals surface area contributed by atoms with Gasteiger partial charge >= 0.3 is 0 Å². The molecule has 2 aliphatic rings. The summed E-state index contributed by atoms with van der Waals surface area (Å²) in [7, 11) is 0. The van der Waals surface area contributed by atoms with E-state index in [4.69, 9.17) is 4.74 Å². The summed E-state index contributed by atoms with van der Waals surface area (Å²) in [5.74, 6) is 0.972. The average molecular weight is 350 g/mol. The molecule has 5 nitrogen and oxygen atoms in total. The minimum absolute atomic E-state index is 0.0159. The molecule has 26 heavy (non-hydrogen) atoms. The van der Waals surface area contributed by atoms with Gasteiger partial charge in [-0.3, -0.25) is 9.59 Å². The molecule has 1 aliphatic carbocycles. The maximum absolute atomic E-state index is 12.4. The number of carbonyl (C=O) groups excluding carboxylic acids is 2. The van der Waals surface area contributed by atoms with Crippen LogP contribution in [-0.2, 0) is 9.59 Å². The van der Waals surface area contributed by atoms with Gasteiger partial charge in [-0.15, -0.1) is 0 Å². The zero-order valence-electron chi connectivity index (χ0n) is 14.7. The third kappa shape index (κ3) is 3.29. The molecule has 134 valence electrons. The maximum Gasteiger partial charge on any atom is 0.267 e. The van der Waals surface area contributed by atoms with Crippen LogP contribution >= 0.6 is 0 Å². The third-order valence-corrected chi connectivity index (χ3v) is 5.00. The van der Waals surface area contributed by atoms with Gasteiger partial charge in [0.2, 0.25) is 5.91 Å². The normalized spacial score (nSPS) is 23.8. The minimum Gasteiger partial charge on any atom is -0.479 e. The number of benzene rings is 2. The standard InChI is InChI=1S/C21H22N2O3/c1-14-21(25)23(18-9-5-6-10-19(18)26-14)12-11-20(24)22-17-13-16(17)15-7-3-2-4-8-15/h2-10,14,16-17H,11-13H2,1H3,(H,22,24)/t14-,16+,17+/m0/s1. The molecule has 0 unspecified atom stereocenters. The van der Waals surface area contributed by atoms with E-state index in [2.05, 4.69) is 17.4 Å². The maximum atomic E-state index is 12.4. The Labute approximate surface area is 153 Å². The van der Waals surface area contributed by atoms with Crippen molar-refractivity contribution >= 4 is 17.5 Å². The summed E-state index contributed by atoms with van der Waals surface area (Å²) >= 11 is 0. The summed E-state index contributed by atoms with van der Waals surface area (Å²) in [4.78, 5) is 26.4. The first kappa shape index (κ1) is 16.6. The van der Waals surface area contributed by atoms with Gasteiger partial charge in [-0.25, -0.2) is 0 Å². The molecule has 2 aromatic carbocycles. The Morgan fingerprint density at radius 1 is 1.15 bits per heavy atom. The quantitative estimate of drug-likeness (QED) is 0.902. The topological polar surface area (TPSA) is 58.6 Å². The second kappa shape index (κ2) is 6.83. The van der Waals surface area contributed by atoms with Crippen LogP contribution in [0.5, 0.6) is 5.75 Å². The van der Waals surface area contributed by atoms with E-state index in [1.54, 1.807) is 11.8 Å². The number of rotatable bonds is 5. The highest BCUT2D eigenvalue weighted by Gasteiger charge is 2.39. The second-order valence-electron chi connectivity index (χ2n) is 6.89. The molecule has 1 saturated carbocycles. The summed E-state index contributed by atoms with van der Waals surface area (Å²) in [6.45, 7) is 2.10. The van der Waals surface area contributed by atoms with Crippen molar-refractivity contribution in [2.24, 2.45) is 0 Å². The van der Waals surface area contributed by atoms with E-state index < -0.39 is 6.10 Å². The van der Waals surface area contributed by atoms with Gasteiger partial charge in [-0.2, -0.15) is 0 Å². The molecule has 3 atom stereocenters. The fourth-order valence-corrected chi connectivity index (χ4v) is 3.50. The van der Waals surface area contributed by atoms with Crippen LogP contribution in [0.2, 0.25) is 0 Å². The van der Waals surface area contributed by atoms with E-state index >= 15 is 0 Å². The molecular formula is C21H22N2O3. The van der Waals surface area contributed by atoms with Gasteiger partial charge in [0, 0.05) is 24.9 Å². The van der Waals surface area contributed by atoms with Crippen LogP contribution < -0.4 is 15.0 Å². The molecule has 1 heterocycles. The number of hydrogen-bond donors (Lipinski definition) is 1. The number of ether oxygens (including phenoxy) is 1. The van der Waals surface area contributed by atoms with Crippen molar-refractivity contribution in [3.05, 3.63) is 60.2 Å². The Hall–Kier alpha value is -2.82. The lowest BCUT2D eigenvalue weighted by Crippen LogP contribution is -2.45. The number of nitrogens with one attached hydrogen (secondary N) is 1. The van der Waals surface area contributed by atoms with Crippen molar-refractivity contribution < 1.29 is 14.3 Å². The number of amides is 2. The highest BCUT2D eigenvalue weighted by atomic mass is 16.5. The first-order chi connectivity index (χ1) is 12.6. The van der Waals surface area contributed by atoms with Gasteiger partial charge in [0.25, 0.3) is 5.91 Å². The molecule has 1 aliphatic heterocycles. The highest BCUT2D eigenvalue weighted by Crippen LogP contribution is 2.40. The molecule has 0 saturated heterocycles. The van der Waals surface area contributed by atoms with Crippen LogP contribution in [0.4, 0.5) is 5.69 Å². The van der Waals surface area contributed by atoms with E-state index in [9.17, 15) is 9.59 Å². The predicted octanol–water partition coefficient (Wildman–Crippen LogP) is 2.86. The summed E-state index contributed by atoms with van der Waals surface area (Å²) in [6.07, 6.45) is 0.732. The van der Waals surface area contributed by atoms with Crippen LogP contribution in [0, 0.1) is 0 Å². The Balaban J connectivity index is 1.34. The molecule has 5 heteroatoms. The lowest BCUT2D eigenvalue weighted by molar-refractivity contribution is -0.125. The molecule has 0 spiro atoms. The van der Waals surface area contributed by atoms with E-state index in [-0.39, 0.29) is 24.3 Å². The molecule has 2 amide bonds. The molecule has 0 aromatic heterocycles. The van der Waals surface area contributed by atoms with E-state index in [1.807, 2.05) is 42.5 Å². The minimum atomic E-state index is -0.529. The number of carbonyl (C=O) groups is 2. The first-order valence-electron chi connectivity index (χ1n) is 9.05. The summed E-state index contributed by atoms with van der Waals surface area (Å²) in [5.41, 5.74) is 2.00. The number of fused-ring (bicyclic) bond motifs is 1. The van der Waals surface area contributed by atoms with Crippen LogP contribution in [0.1, 0.15) is 31.2 Å². The summed E-state index contributed by atoms with van der Waals surface area (Å²) in [6, 6.07) is 17.9. The number of hydrogen-bond acceptors (Lipinski definition) is 3. The zero-order valence-corrected chi connectivity index (χ0v) is 14.7. The zero-order chi connectivity index (χ0) is 18.1.